The average molecular weight is 379 g/mol. The molecule has 0 saturated carbocycles. The maximum atomic E-state index is 13.5. The molecule has 1 saturated heterocycles. The van der Waals surface area contributed by atoms with E-state index in [1.165, 1.54) is 0 Å². The van der Waals surface area contributed by atoms with E-state index in [9.17, 15) is 13.6 Å². The minimum atomic E-state index is -2.60. The van der Waals surface area contributed by atoms with Crippen molar-refractivity contribution < 1.29 is 23.0 Å². The molecule has 0 unspecified atom stereocenters. The van der Waals surface area contributed by atoms with Gasteiger partial charge in [0.2, 0.25) is 0 Å². The summed E-state index contributed by atoms with van der Waals surface area (Å²) in [4.78, 5) is 14.2. The summed E-state index contributed by atoms with van der Waals surface area (Å²) in [5.74, 6) is -2.06. The number of ether oxygens (including phenoxy) is 2. The second-order valence-corrected chi connectivity index (χ2v) is 7.19. The van der Waals surface area contributed by atoms with Crippen LogP contribution < -0.4 is 9.64 Å². The quantitative estimate of drug-likeness (QED) is 0.697. The van der Waals surface area contributed by atoms with Crippen molar-refractivity contribution in [1.29, 1.82) is 0 Å². The molecular formula is C21H27F2NO3. The van der Waals surface area contributed by atoms with Crippen LogP contribution in [0.2, 0.25) is 0 Å². The molecule has 3 rings (SSSR count). The summed E-state index contributed by atoms with van der Waals surface area (Å²) in [7, 11) is 1.62. The summed E-state index contributed by atoms with van der Waals surface area (Å²) >= 11 is 0. The zero-order chi connectivity index (χ0) is 19.4. The van der Waals surface area contributed by atoms with Gasteiger partial charge in [-0.05, 0) is 43.9 Å². The molecule has 1 aromatic rings. The van der Waals surface area contributed by atoms with Crippen molar-refractivity contribution in [2.75, 3.05) is 31.7 Å². The minimum absolute atomic E-state index is 0.0668. The van der Waals surface area contributed by atoms with Crippen molar-refractivity contribution in [3.63, 3.8) is 0 Å². The Morgan fingerprint density at radius 1 is 1.30 bits per heavy atom. The highest BCUT2D eigenvalue weighted by Gasteiger charge is 2.32. The van der Waals surface area contributed by atoms with E-state index in [4.69, 9.17) is 9.47 Å². The van der Waals surface area contributed by atoms with Crippen LogP contribution in [-0.4, -0.2) is 38.7 Å². The maximum Gasteiger partial charge on any atom is 0.309 e. The van der Waals surface area contributed by atoms with Gasteiger partial charge in [0.05, 0.1) is 19.6 Å². The predicted molar refractivity (Wildman–Crippen MR) is 101 cm³/mol. The first-order valence-electron chi connectivity index (χ1n) is 9.60. The molecule has 148 valence electrons. The van der Waals surface area contributed by atoms with Crippen molar-refractivity contribution in [3.8, 4) is 5.75 Å². The van der Waals surface area contributed by atoms with Crippen molar-refractivity contribution in [1.82, 2.24) is 0 Å². The molecule has 0 radical (unpaired) electrons. The molecule has 1 aliphatic carbocycles. The third-order valence-corrected chi connectivity index (χ3v) is 5.41. The topological polar surface area (TPSA) is 38.8 Å². The molecule has 1 heterocycles. The number of halogens is 2. The number of piperidine rings is 1. The average Bonchev–Trinajstić information content (AvgIpc) is 2.68. The fourth-order valence-electron chi connectivity index (χ4n) is 3.83. The van der Waals surface area contributed by atoms with Crippen LogP contribution in [0.3, 0.4) is 0 Å². The lowest BCUT2D eigenvalue weighted by molar-refractivity contribution is -0.148. The number of carbonyl (C=O) groups excluding carboxylic acids is 1. The zero-order valence-electron chi connectivity index (χ0n) is 16.0. The lowest BCUT2D eigenvalue weighted by atomic mass is 9.89. The van der Waals surface area contributed by atoms with Crippen molar-refractivity contribution in [2.45, 2.75) is 45.0 Å². The molecule has 0 spiro atoms. The van der Waals surface area contributed by atoms with E-state index in [0.717, 1.165) is 48.5 Å². The Morgan fingerprint density at radius 3 is 2.63 bits per heavy atom. The summed E-state index contributed by atoms with van der Waals surface area (Å²) in [6, 6.07) is 5.80. The van der Waals surface area contributed by atoms with Gasteiger partial charge in [-0.25, -0.2) is 8.78 Å². The Hall–Kier alpha value is -2.11. The molecule has 2 aliphatic rings. The summed E-state index contributed by atoms with van der Waals surface area (Å²) in [6.45, 7) is 3.68. The zero-order valence-corrected chi connectivity index (χ0v) is 16.0. The highest BCUT2D eigenvalue weighted by molar-refractivity contribution is 5.79. The number of allylic oxidation sites excluding steroid dienone is 2. The first-order valence-corrected chi connectivity index (χ1v) is 9.60. The van der Waals surface area contributed by atoms with Crippen LogP contribution >= 0.6 is 0 Å². The second kappa shape index (κ2) is 8.28. The van der Waals surface area contributed by atoms with Gasteiger partial charge >= 0.3 is 5.97 Å². The van der Waals surface area contributed by atoms with Crippen LogP contribution in [-0.2, 0) is 9.53 Å². The molecule has 1 fully saturated rings. The molecule has 0 aromatic heterocycles. The highest BCUT2D eigenvalue weighted by Crippen LogP contribution is 2.41. The number of hydrogen-bond donors (Lipinski definition) is 0. The van der Waals surface area contributed by atoms with Crippen LogP contribution in [0, 0.1) is 5.92 Å². The normalized spacial score (nSPS) is 20.1. The van der Waals surface area contributed by atoms with Gasteiger partial charge in [0.1, 0.15) is 5.75 Å². The summed E-state index contributed by atoms with van der Waals surface area (Å²) in [5.41, 5.74) is 2.94. The number of benzene rings is 1. The van der Waals surface area contributed by atoms with Gasteiger partial charge in [-0.2, -0.15) is 0 Å². The van der Waals surface area contributed by atoms with E-state index in [-0.39, 0.29) is 24.7 Å². The molecule has 0 bridgehead atoms. The Bertz CT molecular complexity index is 709. The summed E-state index contributed by atoms with van der Waals surface area (Å²) < 4.78 is 37.6. The molecule has 6 heteroatoms. The van der Waals surface area contributed by atoms with Crippen molar-refractivity contribution >= 4 is 17.2 Å². The van der Waals surface area contributed by atoms with E-state index in [1.54, 1.807) is 13.2 Å². The number of anilines is 1. The standard InChI is InChI=1S/C21H27F2NO3/c1-3-27-20(25)16-8-12-24(13-9-16)19-14-17(26-2)4-5-18(19)15-6-10-21(22,23)11-7-15/h4-6,14,16H,3,7-13H2,1-2H3. The Labute approximate surface area is 159 Å². The summed E-state index contributed by atoms with van der Waals surface area (Å²) in [6.07, 6.45) is 3.17. The molecule has 1 aliphatic heterocycles. The maximum absolute atomic E-state index is 13.5. The third-order valence-electron chi connectivity index (χ3n) is 5.41. The third kappa shape index (κ3) is 4.60. The van der Waals surface area contributed by atoms with Gasteiger partial charge in [-0.3, -0.25) is 4.79 Å². The van der Waals surface area contributed by atoms with E-state index in [0.29, 0.717) is 13.0 Å². The Kier molecular flexibility index (Phi) is 6.02. The number of nitrogens with zero attached hydrogens (tertiary/aromatic N) is 1. The van der Waals surface area contributed by atoms with Crippen LogP contribution in [0.15, 0.2) is 24.3 Å². The van der Waals surface area contributed by atoms with Crippen LogP contribution in [0.1, 0.15) is 44.6 Å². The SMILES string of the molecule is CCOC(=O)C1CCN(c2cc(OC)ccc2C2=CCC(F)(F)CC2)CC1. The fraction of sp³-hybridized carbons (Fsp3) is 0.571. The van der Waals surface area contributed by atoms with E-state index in [1.807, 2.05) is 25.1 Å². The number of carbonyl (C=O) groups is 1. The van der Waals surface area contributed by atoms with Gasteiger partial charge in [0.15, 0.2) is 0 Å². The van der Waals surface area contributed by atoms with Crippen molar-refractivity contribution in [2.24, 2.45) is 5.92 Å². The molecule has 1 aromatic carbocycles. The Balaban J connectivity index is 1.80. The van der Waals surface area contributed by atoms with Gasteiger partial charge in [0, 0.05) is 43.2 Å². The molecule has 4 nitrogen and oxygen atoms in total. The van der Waals surface area contributed by atoms with Gasteiger partial charge in [0.25, 0.3) is 5.92 Å². The molecular weight excluding hydrogens is 352 g/mol. The summed E-state index contributed by atoms with van der Waals surface area (Å²) in [5, 5.41) is 0. The first kappa shape index (κ1) is 19.6. The van der Waals surface area contributed by atoms with Gasteiger partial charge in [-0.1, -0.05) is 6.08 Å². The number of rotatable bonds is 5. The number of alkyl halides is 2. The largest absolute Gasteiger partial charge is 0.497 e. The predicted octanol–water partition coefficient (Wildman–Crippen LogP) is 4.68. The van der Waals surface area contributed by atoms with Crippen LogP contribution in [0.4, 0.5) is 14.5 Å². The van der Waals surface area contributed by atoms with Gasteiger partial charge < -0.3 is 14.4 Å². The highest BCUT2D eigenvalue weighted by atomic mass is 19.3. The molecule has 0 N–H and O–H groups in total. The number of hydrogen-bond acceptors (Lipinski definition) is 4. The number of methoxy groups -OCH3 is 1. The number of esters is 1. The minimum Gasteiger partial charge on any atom is -0.497 e. The van der Waals surface area contributed by atoms with E-state index in [2.05, 4.69) is 4.90 Å². The van der Waals surface area contributed by atoms with Crippen molar-refractivity contribution in [3.05, 3.63) is 29.8 Å². The smallest absolute Gasteiger partial charge is 0.309 e. The lowest BCUT2D eigenvalue weighted by Gasteiger charge is -2.35. The lowest BCUT2D eigenvalue weighted by Crippen LogP contribution is -2.37. The molecule has 27 heavy (non-hydrogen) atoms. The second-order valence-electron chi connectivity index (χ2n) is 7.19. The molecule has 0 atom stereocenters. The van der Waals surface area contributed by atoms with E-state index >= 15 is 0 Å². The van der Waals surface area contributed by atoms with Crippen LogP contribution in [0.25, 0.3) is 5.57 Å². The first-order chi connectivity index (χ1) is 12.9. The van der Waals surface area contributed by atoms with E-state index < -0.39 is 5.92 Å². The Morgan fingerprint density at radius 2 is 2.04 bits per heavy atom. The van der Waals surface area contributed by atoms with Crippen LogP contribution in [0.5, 0.6) is 5.75 Å². The molecule has 0 amide bonds. The fourth-order valence-corrected chi connectivity index (χ4v) is 3.83. The van der Waals surface area contributed by atoms with Gasteiger partial charge in [-0.15, -0.1) is 0 Å². The monoisotopic (exact) mass is 379 g/mol.